The topological polar surface area (TPSA) is 61.4 Å². The van der Waals surface area contributed by atoms with E-state index in [0.29, 0.717) is 18.9 Å². The van der Waals surface area contributed by atoms with Gasteiger partial charge in [0.15, 0.2) is 0 Å². The number of carbonyl (C=O) groups is 1. The highest BCUT2D eigenvalue weighted by atomic mass is 16.3. The third kappa shape index (κ3) is 6.36. The minimum Gasteiger partial charge on any atom is -0.396 e. The van der Waals surface area contributed by atoms with Crippen LogP contribution in [0.2, 0.25) is 0 Å². The number of rotatable bonds is 5. The maximum atomic E-state index is 11.8. The molecule has 4 nitrogen and oxygen atoms in total. The lowest BCUT2D eigenvalue weighted by atomic mass is 9.86. The second-order valence-corrected chi connectivity index (χ2v) is 6.41. The Morgan fingerprint density at radius 3 is 2.67 bits per heavy atom. The normalized spacial score (nSPS) is 24.9. The van der Waals surface area contributed by atoms with E-state index in [9.17, 15) is 4.79 Å². The van der Waals surface area contributed by atoms with Crippen LogP contribution in [0, 0.1) is 5.92 Å². The monoisotopic (exact) mass is 256 g/mol. The molecule has 0 heterocycles. The first kappa shape index (κ1) is 15.4. The molecule has 1 rings (SSSR count). The van der Waals surface area contributed by atoms with Gasteiger partial charge in [-0.3, -0.25) is 4.79 Å². The zero-order valence-corrected chi connectivity index (χ0v) is 12.0. The van der Waals surface area contributed by atoms with E-state index in [1.165, 1.54) is 0 Å². The fourth-order valence-electron chi connectivity index (χ4n) is 2.44. The molecule has 4 heteroatoms. The zero-order chi connectivity index (χ0) is 13.6. The molecule has 1 saturated carbocycles. The van der Waals surface area contributed by atoms with Crippen molar-refractivity contribution in [3.63, 3.8) is 0 Å². The number of hydrogen-bond acceptors (Lipinski definition) is 3. The molecule has 106 valence electrons. The first-order valence-electron chi connectivity index (χ1n) is 7.06. The molecule has 0 aromatic heterocycles. The Labute approximate surface area is 111 Å². The van der Waals surface area contributed by atoms with Crippen molar-refractivity contribution in [2.75, 3.05) is 13.2 Å². The molecular formula is C14H28N2O2. The van der Waals surface area contributed by atoms with Crippen LogP contribution in [0.4, 0.5) is 0 Å². The summed E-state index contributed by atoms with van der Waals surface area (Å²) in [6.07, 6.45) is 4.70. The smallest absolute Gasteiger partial charge is 0.221 e. The first-order valence-corrected chi connectivity index (χ1v) is 7.06. The van der Waals surface area contributed by atoms with E-state index in [0.717, 1.165) is 25.7 Å². The van der Waals surface area contributed by atoms with E-state index in [1.807, 2.05) is 0 Å². The summed E-state index contributed by atoms with van der Waals surface area (Å²) in [5, 5.41) is 15.5. The highest BCUT2D eigenvalue weighted by Crippen LogP contribution is 2.23. The van der Waals surface area contributed by atoms with Gasteiger partial charge in [-0.15, -0.1) is 0 Å². The van der Waals surface area contributed by atoms with Gasteiger partial charge >= 0.3 is 0 Å². The second-order valence-electron chi connectivity index (χ2n) is 6.41. The van der Waals surface area contributed by atoms with Crippen LogP contribution < -0.4 is 10.6 Å². The summed E-state index contributed by atoms with van der Waals surface area (Å²) >= 11 is 0. The average Bonchev–Trinajstić information content (AvgIpc) is 2.27. The van der Waals surface area contributed by atoms with Crippen molar-refractivity contribution in [1.29, 1.82) is 0 Å². The molecule has 0 bridgehead atoms. The molecule has 1 aliphatic carbocycles. The van der Waals surface area contributed by atoms with Gasteiger partial charge in [-0.25, -0.2) is 0 Å². The largest absolute Gasteiger partial charge is 0.396 e. The van der Waals surface area contributed by atoms with Gasteiger partial charge in [0, 0.05) is 31.2 Å². The predicted octanol–water partition coefficient (Wildman–Crippen LogP) is 1.43. The van der Waals surface area contributed by atoms with E-state index >= 15 is 0 Å². The lowest BCUT2D eigenvalue weighted by Crippen LogP contribution is -2.42. The molecule has 2 unspecified atom stereocenters. The second kappa shape index (κ2) is 7.10. The number of hydrogen-bond donors (Lipinski definition) is 3. The fraction of sp³-hybridized carbons (Fsp3) is 0.929. The minimum atomic E-state index is 0.0626. The van der Waals surface area contributed by atoms with Gasteiger partial charge in [0.05, 0.1) is 0 Å². The van der Waals surface area contributed by atoms with Crippen LogP contribution in [0.1, 0.15) is 52.9 Å². The molecule has 0 spiro atoms. The zero-order valence-electron chi connectivity index (χ0n) is 12.0. The highest BCUT2D eigenvalue weighted by molar-refractivity contribution is 5.76. The van der Waals surface area contributed by atoms with Crippen molar-refractivity contribution in [2.45, 2.75) is 64.5 Å². The van der Waals surface area contributed by atoms with Crippen LogP contribution in [-0.2, 0) is 4.79 Å². The molecule has 1 aliphatic rings. The molecule has 0 aliphatic heterocycles. The molecule has 0 radical (unpaired) electrons. The number of aliphatic hydroxyl groups excluding tert-OH is 1. The summed E-state index contributed by atoms with van der Waals surface area (Å²) in [4.78, 5) is 11.8. The number of amides is 1. The Bertz CT molecular complexity index is 261. The molecular weight excluding hydrogens is 228 g/mol. The van der Waals surface area contributed by atoms with Gasteiger partial charge in [0.1, 0.15) is 0 Å². The molecule has 1 fully saturated rings. The van der Waals surface area contributed by atoms with Crippen molar-refractivity contribution in [2.24, 2.45) is 5.92 Å². The van der Waals surface area contributed by atoms with Crippen molar-refractivity contribution in [1.82, 2.24) is 10.6 Å². The van der Waals surface area contributed by atoms with E-state index in [4.69, 9.17) is 5.11 Å². The van der Waals surface area contributed by atoms with Crippen LogP contribution in [0.15, 0.2) is 0 Å². The van der Waals surface area contributed by atoms with Crippen LogP contribution in [0.25, 0.3) is 0 Å². The van der Waals surface area contributed by atoms with Gasteiger partial charge in [0.25, 0.3) is 0 Å². The molecule has 0 saturated heterocycles. The summed E-state index contributed by atoms with van der Waals surface area (Å²) in [6, 6.07) is 0.262. The predicted molar refractivity (Wildman–Crippen MR) is 73.3 cm³/mol. The maximum Gasteiger partial charge on any atom is 0.221 e. The van der Waals surface area contributed by atoms with Gasteiger partial charge in [-0.05, 0) is 46.0 Å². The van der Waals surface area contributed by atoms with Crippen molar-refractivity contribution < 1.29 is 9.90 Å². The third-order valence-corrected chi connectivity index (χ3v) is 3.41. The highest BCUT2D eigenvalue weighted by Gasteiger charge is 2.22. The lowest BCUT2D eigenvalue weighted by Gasteiger charge is -2.28. The Morgan fingerprint density at radius 2 is 2.06 bits per heavy atom. The Morgan fingerprint density at radius 1 is 1.33 bits per heavy atom. The van der Waals surface area contributed by atoms with Gasteiger partial charge in [-0.2, -0.15) is 0 Å². The van der Waals surface area contributed by atoms with E-state index < -0.39 is 0 Å². The number of nitrogens with one attached hydrogen (secondary N) is 2. The Hall–Kier alpha value is -0.610. The fourth-order valence-corrected chi connectivity index (χ4v) is 2.44. The SMILES string of the molecule is CC(C)(C)NCCC(=O)NC1CCCC(CO)C1. The third-order valence-electron chi connectivity index (χ3n) is 3.41. The van der Waals surface area contributed by atoms with E-state index in [2.05, 4.69) is 31.4 Å². The number of aliphatic hydroxyl groups is 1. The summed E-state index contributed by atoms with van der Waals surface area (Å²) in [6.45, 7) is 7.25. The van der Waals surface area contributed by atoms with Crippen LogP contribution in [-0.4, -0.2) is 35.7 Å². The maximum absolute atomic E-state index is 11.8. The quantitative estimate of drug-likeness (QED) is 0.697. The number of carbonyl (C=O) groups excluding carboxylic acids is 1. The summed E-state index contributed by atoms with van der Waals surface area (Å²) in [7, 11) is 0. The lowest BCUT2D eigenvalue weighted by molar-refractivity contribution is -0.122. The van der Waals surface area contributed by atoms with E-state index in [-0.39, 0.29) is 24.1 Å². The van der Waals surface area contributed by atoms with Crippen LogP contribution >= 0.6 is 0 Å². The molecule has 0 aromatic carbocycles. The molecule has 0 aromatic rings. The first-order chi connectivity index (χ1) is 8.40. The molecule has 2 atom stereocenters. The molecule has 1 amide bonds. The van der Waals surface area contributed by atoms with Crippen molar-refractivity contribution in [3.05, 3.63) is 0 Å². The Kier molecular flexibility index (Phi) is 6.09. The van der Waals surface area contributed by atoms with Crippen LogP contribution in [0.5, 0.6) is 0 Å². The summed E-state index contributed by atoms with van der Waals surface area (Å²) < 4.78 is 0. The van der Waals surface area contributed by atoms with Gasteiger partial charge in [-0.1, -0.05) is 6.42 Å². The van der Waals surface area contributed by atoms with Crippen LogP contribution in [0.3, 0.4) is 0 Å². The van der Waals surface area contributed by atoms with Crippen molar-refractivity contribution >= 4 is 5.91 Å². The van der Waals surface area contributed by atoms with E-state index in [1.54, 1.807) is 0 Å². The standard InChI is InChI=1S/C14H28N2O2/c1-14(2,3)15-8-7-13(18)16-12-6-4-5-11(9-12)10-17/h11-12,15,17H,4-10H2,1-3H3,(H,16,18). The average molecular weight is 256 g/mol. The summed E-state index contributed by atoms with van der Waals surface area (Å²) in [5.74, 6) is 0.493. The molecule has 3 N–H and O–H groups in total. The van der Waals surface area contributed by atoms with Gasteiger partial charge in [0.2, 0.25) is 5.91 Å². The van der Waals surface area contributed by atoms with Crippen molar-refractivity contribution in [3.8, 4) is 0 Å². The summed E-state index contributed by atoms with van der Waals surface area (Å²) in [5.41, 5.74) is 0.0626. The van der Waals surface area contributed by atoms with Gasteiger partial charge < -0.3 is 15.7 Å². The molecule has 18 heavy (non-hydrogen) atoms. The minimum absolute atomic E-state index is 0.0626. The Balaban J connectivity index is 2.19.